The summed E-state index contributed by atoms with van der Waals surface area (Å²) in [6.45, 7) is 3.93. The summed E-state index contributed by atoms with van der Waals surface area (Å²) in [6.07, 6.45) is 5.08. The Balaban J connectivity index is 1.60. The Morgan fingerprint density at radius 2 is 1.69 bits per heavy atom. The van der Waals surface area contributed by atoms with Crippen LogP contribution in [0, 0.1) is 0 Å². The summed E-state index contributed by atoms with van der Waals surface area (Å²) in [4.78, 5) is 28.4. The highest BCUT2D eigenvalue weighted by molar-refractivity contribution is 6.30. The second kappa shape index (κ2) is 8.80. The van der Waals surface area contributed by atoms with Gasteiger partial charge in [-0.25, -0.2) is 0 Å². The van der Waals surface area contributed by atoms with E-state index in [1.165, 1.54) is 17.4 Å². The Bertz CT molecular complexity index is 1070. The number of pyridine rings is 1. The van der Waals surface area contributed by atoms with Gasteiger partial charge in [-0.1, -0.05) is 29.8 Å². The number of nitrogens with one attached hydrogen (secondary N) is 1. The van der Waals surface area contributed by atoms with Gasteiger partial charge in [0.05, 0.1) is 5.56 Å². The number of aromatic nitrogens is 1. The van der Waals surface area contributed by atoms with E-state index < -0.39 is 0 Å². The Morgan fingerprint density at radius 1 is 1.00 bits per heavy atom. The number of fused-ring (bicyclic) bond motifs is 1. The van der Waals surface area contributed by atoms with Crippen molar-refractivity contribution in [1.29, 1.82) is 0 Å². The van der Waals surface area contributed by atoms with E-state index in [1.54, 1.807) is 36.5 Å². The minimum atomic E-state index is -0.162. The third-order valence-corrected chi connectivity index (χ3v) is 5.66. The molecule has 0 bridgehead atoms. The maximum Gasteiger partial charge on any atom is 0.262 e. The van der Waals surface area contributed by atoms with Crippen molar-refractivity contribution >= 4 is 28.3 Å². The number of rotatable bonds is 6. The highest BCUT2D eigenvalue weighted by Crippen LogP contribution is 2.19. The quantitative estimate of drug-likeness (QED) is 0.629. The number of carbonyl (C=O) groups is 1. The SMILES string of the molecule is O=C(NCCCN1CCCC1)c1cn(-c2ccc(Cl)cc2)c(=O)c2ccccc12. The monoisotopic (exact) mass is 409 g/mol. The summed E-state index contributed by atoms with van der Waals surface area (Å²) < 4.78 is 1.51. The number of amides is 1. The van der Waals surface area contributed by atoms with Crippen molar-refractivity contribution in [2.75, 3.05) is 26.2 Å². The molecule has 1 aliphatic rings. The lowest BCUT2D eigenvalue weighted by Crippen LogP contribution is -2.30. The lowest BCUT2D eigenvalue weighted by Gasteiger charge is -2.15. The summed E-state index contributed by atoms with van der Waals surface area (Å²) in [7, 11) is 0. The van der Waals surface area contributed by atoms with Crippen LogP contribution >= 0.6 is 11.6 Å². The van der Waals surface area contributed by atoms with Crippen LogP contribution in [0.4, 0.5) is 0 Å². The van der Waals surface area contributed by atoms with Crippen molar-refractivity contribution in [3.8, 4) is 5.69 Å². The van der Waals surface area contributed by atoms with Crippen LogP contribution in [0.15, 0.2) is 59.5 Å². The molecule has 0 spiro atoms. The molecule has 1 amide bonds. The van der Waals surface area contributed by atoms with Gasteiger partial charge in [-0.15, -0.1) is 0 Å². The molecule has 0 saturated carbocycles. The zero-order chi connectivity index (χ0) is 20.2. The molecule has 2 heterocycles. The Hall–Kier alpha value is -2.63. The topological polar surface area (TPSA) is 54.3 Å². The maximum atomic E-state index is 13.0. The Morgan fingerprint density at radius 3 is 2.41 bits per heavy atom. The highest BCUT2D eigenvalue weighted by Gasteiger charge is 2.16. The molecule has 4 rings (SSSR count). The third kappa shape index (κ3) is 4.36. The van der Waals surface area contributed by atoms with Crippen molar-refractivity contribution in [3.63, 3.8) is 0 Å². The molecule has 1 fully saturated rings. The van der Waals surface area contributed by atoms with E-state index >= 15 is 0 Å². The fourth-order valence-electron chi connectivity index (χ4n) is 3.87. The molecule has 1 N–H and O–H groups in total. The first-order valence-corrected chi connectivity index (χ1v) is 10.4. The van der Waals surface area contributed by atoms with E-state index in [0.717, 1.165) is 26.1 Å². The predicted molar refractivity (Wildman–Crippen MR) is 117 cm³/mol. The van der Waals surface area contributed by atoms with Crippen LogP contribution in [0.1, 0.15) is 29.6 Å². The van der Waals surface area contributed by atoms with Crippen LogP contribution in [-0.2, 0) is 0 Å². The van der Waals surface area contributed by atoms with Crippen molar-refractivity contribution in [2.45, 2.75) is 19.3 Å². The molecule has 1 saturated heterocycles. The van der Waals surface area contributed by atoms with Gasteiger partial charge in [0, 0.05) is 34.2 Å². The molecule has 2 aromatic carbocycles. The molecule has 6 heteroatoms. The third-order valence-electron chi connectivity index (χ3n) is 5.41. The van der Waals surface area contributed by atoms with Gasteiger partial charge < -0.3 is 10.2 Å². The number of halogens is 1. The fourth-order valence-corrected chi connectivity index (χ4v) is 4.00. The van der Waals surface area contributed by atoms with Crippen LogP contribution in [0.3, 0.4) is 0 Å². The second-order valence-electron chi connectivity index (χ2n) is 7.40. The average molecular weight is 410 g/mol. The number of hydrogen-bond acceptors (Lipinski definition) is 3. The van der Waals surface area contributed by atoms with Gasteiger partial charge in [-0.05, 0) is 69.2 Å². The molecule has 1 aliphatic heterocycles. The summed E-state index contributed by atoms with van der Waals surface area (Å²) >= 11 is 5.98. The van der Waals surface area contributed by atoms with Gasteiger partial charge in [0.1, 0.15) is 0 Å². The minimum absolute atomic E-state index is 0.159. The van der Waals surface area contributed by atoms with Crippen molar-refractivity contribution in [2.24, 2.45) is 0 Å². The first-order chi connectivity index (χ1) is 14.1. The summed E-state index contributed by atoms with van der Waals surface area (Å²) in [5.74, 6) is -0.162. The summed E-state index contributed by atoms with van der Waals surface area (Å²) in [6, 6.07) is 14.3. The summed E-state index contributed by atoms with van der Waals surface area (Å²) in [5, 5.41) is 4.80. The standard InChI is InChI=1S/C23H24ClN3O2/c24-17-8-10-18(11-9-17)27-16-21(19-6-1-2-7-20(19)23(27)29)22(28)25-12-5-15-26-13-3-4-14-26/h1-2,6-11,16H,3-5,12-15H2,(H,25,28). The molecule has 150 valence electrons. The van der Waals surface area contributed by atoms with Crippen LogP contribution in [0.25, 0.3) is 16.5 Å². The zero-order valence-corrected chi connectivity index (χ0v) is 17.0. The first kappa shape index (κ1) is 19.7. The molecule has 5 nitrogen and oxygen atoms in total. The lowest BCUT2D eigenvalue weighted by molar-refractivity contribution is 0.0953. The van der Waals surface area contributed by atoms with E-state index in [1.807, 2.05) is 18.2 Å². The van der Waals surface area contributed by atoms with Gasteiger partial charge in [0.25, 0.3) is 11.5 Å². The Labute approximate surface area is 174 Å². The first-order valence-electron chi connectivity index (χ1n) is 10.0. The summed E-state index contributed by atoms with van der Waals surface area (Å²) in [5.41, 5.74) is 1.01. The lowest BCUT2D eigenvalue weighted by atomic mass is 10.1. The molecular formula is C23H24ClN3O2. The number of nitrogens with zero attached hydrogens (tertiary/aromatic N) is 2. The molecule has 1 aromatic heterocycles. The normalized spacial score (nSPS) is 14.4. The number of benzene rings is 2. The van der Waals surface area contributed by atoms with Crippen LogP contribution < -0.4 is 10.9 Å². The van der Waals surface area contributed by atoms with Crippen LogP contribution in [0.5, 0.6) is 0 Å². The van der Waals surface area contributed by atoms with E-state index in [4.69, 9.17) is 11.6 Å². The number of hydrogen-bond donors (Lipinski definition) is 1. The fraction of sp³-hybridized carbons (Fsp3) is 0.304. The second-order valence-corrected chi connectivity index (χ2v) is 7.83. The van der Waals surface area contributed by atoms with Crippen molar-refractivity contribution in [3.05, 3.63) is 75.7 Å². The smallest absolute Gasteiger partial charge is 0.262 e. The van der Waals surface area contributed by atoms with Crippen LogP contribution in [0.2, 0.25) is 5.02 Å². The van der Waals surface area contributed by atoms with Crippen molar-refractivity contribution in [1.82, 2.24) is 14.8 Å². The molecule has 0 unspecified atom stereocenters. The largest absolute Gasteiger partial charge is 0.352 e. The molecule has 0 aliphatic carbocycles. The van der Waals surface area contributed by atoms with Gasteiger partial charge in [-0.3, -0.25) is 14.2 Å². The average Bonchev–Trinajstić information content (AvgIpc) is 3.26. The molecular weight excluding hydrogens is 386 g/mol. The van der Waals surface area contributed by atoms with E-state index in [9.17, 15) is 9.59 Å². The number of likely N-dealkylation sites (tertiary alicyclic amines) is 1. The maximum absolute atomic E-state index is 13.0. The van der Waals surface area contributed by atoms with Gasteiger partial charge in [0.15, 0.2) is 0 Å². The van der Waals surface area contributed by atoms with Gasteiger partial charge in [0.2, 0.25) is 0 Å². The predicted octanol–water partition coefficient (Wildman–Crippen LogP) is 3.86. The van der Waals surface area contributed by atoms with Crippen LogP contribution in [-0.4, -0.2) is 41.6 Å². The molecule has 3 aromatic rings. The molecule has 0 radical (unpaired) electrons. The number of carbonyl (C=O) groups excluding carboxylic acids is 1. The van der Waals surface area contributed by atoms with E-state index in [-0.39, 0.29) is 11.5 Å². The van der Waals surface area contributed by atoms with Gasteiger partial charge in [-0.2, -0.15) is 0 Å². The molecule has 29 heavy (non-hydrogen) atoms. The minimum Gasteiger partial charge on any atom is -0.352 e. The molecule has 0 atom stereocenters. The highest BCUT2D eigenvalue weighted by atomic mass is 35.5. The van der Waals surface area contributed by atoms with Gasteiger partial charge >= 0.3 is 0 Å². The van der Waals surface area contributed by atoms with Crippen molar-refractivity contribution < 1.29 is 4.79 Å². The van der Waals surface area contributed by atoms with E-state index in [2.05, 4.69) is 10.2 Å². The zero-order valence-electron chi connectivity index (χ0n) is 16.2. The van der Waals surface area contributed by atoms with E-state index in [0.29, 0.717) is 33.6 Å². The Kier molecular flexibility index (Phi) is 5.97.